The van der Waals surface area contributed by atoms with Gasteiger partial charge in [0.15, 0.2) is 5.58 Å². The molecule has 1 heterocycles. The SMILES string of the molecule is Clc1cccc(-c2nc3c(-c4ccc(-c5cccc6ccccc56)cc4)cccc3o2)c1. The first-order valence-corrected chi connectivity index (χ1v) is 10.9. The quantitative estimate of drug-likeness (QED) is 0.280. The molecule has 0 saturated carbocycles. The summed E-state index contributed by atoms with van der Waals surface area (Å²) in [5.74, 6) is 0.572. The second kappa shape index (κ2) is 7.67. The summed E-state index contributed by atoms with van der Waals surface area (Å²) in [6.07, 6.45) is 0. The largest absolute Gasteiger partial charge is 0.436 e. The van der Waals surface area contributed by atoms with Gasteiger partial charge in [-0.05, 0) is 51.7 Å². The fourth-order valence-corrected chi connectivity index (χ4v) is 4.42. The predicted molar refractivity (Wildman–Crippen MR) is 133 cm³/mol. The Labute approximate surface area is 190 Å². The highest BCUT2D eigenvalue weighted by atomic mass is 35.5. The molecule has 0 radical (unpaired) electrons. The third-order valence-corrected chi connectivity index (χ3v) is 6.02. The van der Waals surface area contributed by atoms with Gasteiger partial charge in [0.05, 0.1) is 0 Å². The van der Waals surface area contributed by atoms with E-state index in [0.29, 0.717) is 10.9 Å². The van der Waals surface area contributed by atoms with E-state index in [9.17, 15) is 0 Å². The van der Waals surface area contributed by atoms with Crippen molar-refractivity contribution in [3.05, 3.63) is 114 Å². The fraction of sp³-hybridized carbons (Fsp3) is 0. The molecule has 0 aliphatic rings. The molecule has 5 aromatic carbocycles. The molecule has 0 fully saturated rings. The van der Waals surface area contributed by atoms with Gasteiger partial charge in [-0.3, -0.25) is 0 Å². The maximum Gasteiger partial charge on any atom is 0.227 e. The Morgan fingerprint density at radius 2 is 1.28 bits per heavy atom. The number of nitrogens with zero attached hydrogens (tertiary/aromatic N) is 1. The average Bonchev–Trinajstić information content (AvgIpc) is 3.29. The van der Waals surface area contributed by atoms with Crippen LogP contribution in [0.1, 0.15) is 0 Å². The molecule has 0 aliphatic carbocycles. The number of rotatable bonds is 3. The van der Waals surface area contributed by atoms with Gasteiger partial charge >= 0.3 is 0 Å². The van der Waals surface area contributed by atoms with Crippen molar-refractivity contribution in [2.24, 2.45) is 0 Å². The molecule has 0 aliphatic heterocycles. The first kappa shape index (κ1) is 18.9. The van der Waals surface area contributed by atoms with Crippen LogP contribution >= 0.6 is 11.6 Å². The second-order valence-electron chi connectivity index (χ2n) is 7.79. The van der Waals surface area contributed by atoms with Crippen LogP contribution in [0.25, 0.3) is 55.6 Å². The summed E-state index contributed by atoms with van der Waals surface area (Å²) < 4.78 is 6.04. The Bertz CT molecular complexity index is 1580. The third kappa shape index (κ3) is 3.26. The number of halogens is 1. The minimum atomic E-state index is 0.572. The van der Waals surface area contributed by atoms with Gasteiger partial charge in [0, 0.05) is 16.1 Å². The molecular weight excluding hydrogens is 414 g/mol. The number of fused-ring (bicyclic) bond motifs is 2. The zero-order chi connectivity index (χ0) is 21.5. The fourth-order valence-electron chi connectivity index (χ4n) is 4.23. The van der Waals surface area contributed by atoms with E-state index in [1.54, 1.807) is 0 Å². The van der Waals surface area contributed by atoms with Gasteiger partial charge in [-0.2, -0.15) is 0 Å². The second-order valence-corrected chi connectivity index (χ2v) is 8.22. The summed E-state index contributed by atoms with van der Waals surface area (Å²) >= 11 is 6.15. The van der Waals surface area contributed by atoms with Gasteiger partial charge in [-0.25, -0.2) is 4.98 Å². The number of oxazole rings is 1. The molecule has 3 heteroatoms. The van der Waals surface area contributed by atoms with Gasteiger partial charge in [0.1, 0.15) is 5.52 Å². The van der Waals surface area contributed by atoms with Crippen molar-refractivity contribution in [1.29, 1.82) is 0 Å². The Balaban J connectivity index is 1.43. The molecule has 0 atom stereocenters. The number of para-hydroxylation sites is 1. The molecule has 1 aromatic heterocycles. The van der Waals surface area contributed by atoms with Crippen LogP contribution in [0, 0.1) is 0 Å². The van der Waals surface area contributed by atoms with Crippen molar-refractivity contribution in [3.63, 3.8) is 0 Å². The molecule has 0 bridgehead atoms. The van der Waals surface area contributed by atoms with Gasteiger partial charge in [0.2, 0.25) is 5.89 Å². The van der Waals surface area contributed by atoms with Crippen LogP contribution in [0.3, 0.4) is 0 Å². The number of hydrogen-bond acceptors (Lipinski definition) is 2. The molecule has 0 N–H and O–H groups in total. The molecule has 152 valence electrons. The van der Waals surface area contributed by atoms with E-state index >= 15 is 0 Å². The van der Waals surface area contributed by atoms with Crippen LogP contribution in [0.5, 0.6) is 0 Å². The molecule has 0 amide bonds. The van der Waals surface area contributed by atoms with E-state index < -0.39 is 0 Å². The number of benzene rings is 5. The lowest BCUT2D eigenvalue weighted by molar-refractivity contribution is 0.620. The van der Waals surface area contributed by atoms with E-state index in [2.05, 4.69) is 72.8 Å². The number of aromatic nitrogens is 1. The van der Waals surface area contributed by atoms with Crippen LogP contribution in [0.4, 0.5) is 0 Å². The number of hydrogen-bond donors (Lipinski definition) is 0. The standard InChI is InChI=1S/C29H18ClNO/c30-23-9-3-8-22(18-23)29-31-28-26(12-5-13-27(28)32-29)21-16-14-20(15-17-21)25-11-4-7-19-6-1-2-10-24(19)25/h1-18H. The van der Waals surface area contributed by atoms with Crippen molar-refractivity contribution in [3.8, 4) is 33.7 Å². The minimum absolute atomic E-state index is 0.572. The van der Waals surface area contributed by atoms with Crippen molar-refractivity contribution >= 4 is 33.5 Å². The predicted octanol–water partition coefficient (Wildman–Crippen LogP) is 8.64. The topological polar surface area (TPSA) is 26.0 Å². The van der Waals surface area contributed by atoms with Crippen LogP contribution < -0.4 is 0 Å². The maximum atomic E-state index is 6.15. The molecule has 32 heavy (non-hydrogen) atoms. The maximum absolute atomic E-state index is 6.15. The molecule has 2 nitrogen and oxygen atoms in total. The van der Waals surface area contributed by atoms with Gasteiger partial charge in [0.25, 0.3) is 0 Å². The summed E-state index contributed by atoms with van der Waals surface area (Å²) in [6.45, 7) is 0. The lowest BCUT2D eigenvalue weighted by Gasteiger charge is -2.08. The Kier molecular flexibility index (Phi) is 4.52. The van der Waals surface area contributed by atoms with Crippen molar-refractivity contribution in [1.82, 2.24) is 4.98 Å². The van der Waals surface area contributed by atoms with Gasteiger partial charge in [-0.1, -0.05) is 96.5 Å². The highest BCUT2D eigenvalue weighted by molar-refractivity contribution is 6.30. The lowest BCUT2D eigenvalue weighted by Crippen LogP contribution is -1.84. The summed E-state index contributed by atoms with van der Waals surface area (Å²) in [6, 6.07) is 37.2. The summed E-state index contributed by atoms with van der Waals surface area (Å²) in [7, 11) is 0. The third-order valence-electron chi connectivity index (χ3n) is 5.79. The van der Waals surface area contributed by atoms with Crippen molar-refractivity contribution < 1.29 is 4.42 Å². The van der Waals surface area contributed by atoms with E-state index in [-0.39, 0.29) is 0 Å². The van der Waals surface area contributed by atoms with Gasteiger partial charge in [-0.15, -0.1) is 0 Å². The summed E-state index contributed by atoms with van der Waals surface area (Å²) in [4.78, 5) is 4.80. The molecule has 0 spiro atoms. The molecule has 0 unspecified atom stereocenters. The lowest BCUT2D eigenvalue weighted by atomic mass is 9.96. The molecule has 6 rings (SSSR count). The Morgan fingerprint density at radius 3 is 2.12 bits per heavy atom. The van der Waals surface area contributed by atoms with Crippen molar-refractivity contribution in [2.45, 2.75) is 0 Å². The monoisotopic (exact) mass is 431 g/mol. The Hall–Kier alpha value is -3.88. The molecule has 6 aromatic rings. The zero-order valence-electron chi connectivity index (χ0n) is 17.1. The smallest absolute Gasteiger partial charge is 0.227 e. The Morgan fingerprint density at radius 1 is 0.594 bits per heavy atom. The van der Waals surface area contributed by atoms with Crippen LogP contribution in [0.2, 0.25) is 5.02 Å². The van der Waals surface area contributed by atoms with Crippen LogP contribution in [-0.2, 0) is 0 Å². The molecule has 0 saturated heterocycles. The normalized spacial score (nSPS) is 11.3. The van der Waals surface area contributed by atoms with Crippen molar-refractivity contribution in [2.75, 3.05) is 0 Å². The van der Waals surface area contributed by atoms with E-state index in [1.165, 1.54) is 21.9 Å². The minimum Gasteiger partial charge on any atom is -0.436 e. The first-order chi connectivity index (χ1) is 15.8. The highest BCUT2D eigenvalue weighted by Gasteiger charge is 2.13. The van der Waals surface area contributed by atoms with E-state index in [0.717, 1.165) is 27.8 Å². The summed E-state index contributed by atoms with van der Waals surface area (Å²) in [5, 5.41) is 3.16. The first-order valence-electron chi connectivity index (χ1n) is 10.5. The molecular formula is C29H18ClNO. The average molecular weight is 432 g/mol. The highest BCUT2D eigenvalue weighted by Crippen LogP contribution is 2.34. The van der Waals surface area contributed by atoms with E-state index in [1.807, 2.05) is 36.4 Å². The van der Waals surface area contributed by atoms with Gasteiger partial charge < -0.3 is 4.42 Å². The van der Waals surface area contributed by atoms with Crippen LogP contribution in [0.15, 0.2) is 114 Å². The van der Waals surface area contributed by atoms with Crippen LogP contribution in [-0.4, -0.2) is 4.98 Å². The summed E-state index contributed by atoms with van der Waals surface area (Å²) in [5.41, 5.74) is 7.05. The van der Waals surface area contributed by atoms with E-state index in [4.69, 9.17) is 21.0 Å². The zero-order valence-corrected chi connectivity index (χ0v) is 17.9.